The first-order valence-corrected chi connectivity index (χ1v) is 11.7. The SMILES string of the molecule is COC(=O)c1ccc(-c2c(C=CC(=O)N(C)C3CCN(C)CC3)c3cc(C)ccc3n2C)cc1. The molecule has 0 unspecified atom stereocenters. The van der Waals surface area contributed by atoms with E-state index in [1.165, 1.54) is 7.11 Å². The molecular weight excluding hydrogens is 426 g/mol. The van der Waals surface area contributed by atoms with Crippen LogP contribution in [0.15, 0.2) is 48.5 Å². The molecule has 0 radical (unpaired) electrons. The number of benzene rings is 2. The number of amides is 1. The monoisotopic (exact) mass is 459 g/mol. The topological polar surface area (TPSA) is 54.8 Å². The molecule has 3 aromatic rings. The fourth-order valence-electron chi connectivity index (χ4n) is 4.82. The van der Waals surface area contributed by atoms with Gasteiger partial charge in [0, 0.05) is 42.7 Å². The van der Waals surface area contributed by atoms with Crippen molar-refractivity contribution in [3.8, 4) is 11.3 Å². The van der Waals surface area contributed by atoms with Crippen molar-refractivity contribution in [3.63, 3.8) is 0 Å². The van der Waals surface area contributed by atoms with E-state index in [1.54, 1.807) is 18.2 Å². The molecule has 1 aliphatic heterocycles. The van der Waals surface area contributed by atoms with Gasteiger partial charge in [-0.05, 0) is 75.8 Å². The Bertz CT molecular complexity index is 1230. The van der Waals surface area contributed by atoms with Gasteiger partial charge in [-0.15, -0.1) is 0 Å². The third-order valence-corrected chi connectivity index (χ3v) is 6.95. The third-order valence-electron chi connectivity index (χ3n) is 6.95. The summed E-state index contributed by atoms with van der Waals surface area (Å²) in [4.78, 5) is 29.1. The Labute approximate surface area is 201 Å². The van der Waals surface area contributed by atoms with Crippen LogP contribution < -0.4 is 0 Å². The molecule has 0 saturated carbocycles. The highest BCUT2D eigenvalue weighted by Gasteiger charge is 2.23. The Hall–Kier alpha value is -3.38. The molecule has 1 saturated heterocycles. The summed E-state index contributed by atoms with van der Waals surface area (Å²) < 4.78 is 6.98. The molecule has 1 aromatic heterocycles. The summed E-state index contributed by atoms with van der Waals surface area (Å²) in [5, 5.41) is 1.10. The lowest BCUT2D eigenvalue weighted by Crippen LogP contribution is -2.43. The predicted octanol–water partition coefficient (Wildman–Crippen LogP) is 4.51. The number of carbonyl (C=O) groups excluding carboxylic acids is 2. The zero-order chi connectivity index (χ0) is 24.4. The Morgan fingerprint density at radius 1 is 1.06 bits per heavy atom. The first kappa shape index (κ1) is 23.8. The molecule has 2 aromatic carbocycles. The smallest absolute Gasteiger partial charge is 0.337 e. The standard InChI is InChI=1S/C28H33N3O3/c1-19-6-12-25-24(18-19)23(11-13-26(32)30(3)22-14-16-29(2)17-15-22)27(31(25)4)20-7-9-21(10-8-20)28(33)34-5/h6-13,18,22H,14-17H2,1-5H3. The summed E-state index contributed by atoms with van der Waals surface area (Å²) in [6.45, 7) is 4.10. The number of nitrogens with zero attached hydrogens (tertiary/aromatic N) is 3. The highest BCUT2D eigenvalue weighted by molar-refractivity contribution is 6.02. The molecule has 1 amide bonds. The van der Waals surface area contributed by atoms with Crippen molar-refractivity contribution < 1.29 is 14.3 Å². The van der Waals surface area contributed by atoms with Crippen LogP contribution in [0.5, 0.6) is 0 Å². The van der Waals surface area contributed by atoms with Gasteiger partial charge >= 0.3 is 5.97 Å². The van der Waals surface area contributed by atoms with Crippen molar-refractivity contribution in [2.75, 3.05) is 34.3 Å². The van der Waals surface area contributed by atoms with Gasteiger partial charge in [-0.2, -0.15) is 0 Å². The number of likely N-dealkylation sites (tertiary alicyclic amines) is 1. The summed E-state index contributed by atoms with van der Waals surface area (Å²) >= 11 is 0. The summed E-state index contributed by atoms with van der Waals surface area (Å²) in [6, 6.07) is 14.0. The van der Waals surface area contributed by atoms with E-state index in [2.05, 4.69) is 41.6 Å². The number of ether oxygens (including phenoxy) is 1. The molecule has 0 atom stereocenters. The van der Waals surface area contributed by atoms with E-state index in [0.29, 0.717) is 5.56 Å². The number of aromatic nitrogens is 1. The molecule has 6 heteroatoms. The van der Waals surface area contributed by atoms with Crippen LogP contribution in [-0.4, -0.2) is 66.6 Å². The lowest BCUT2D eigenvalue weighted by atomic mass is 10.0. The largest absolute Gasteiger partial charge is 0.465 e. The Kier molecular flexibility index (Phi) is 6.89. The van der Waals surface area contributed by atoms with Crippen molar-refractivity contribution in [2.24, 2.45) is 7.05 Å². The van der Waals surface area contributed by atoms with Crippen LogP contribution in [0.4, 0.5) is 0 Å². The molecule has 4 rings (SSSR count). The molecule has 1 aliphatic rings. The van der Waals surface area contributed by atoms with Crippen LogP contribution in [0.3, 0.4) is 0 Å². The maximum atomic E-state index is 13.1. The summed E-state index contributed by atoms with van der Waals surface area (Å²) in [5.41, 5.74) is 5.73. The lowest BCUT2D eigenvalue weighted by molar-refractivity contribution is -0.127. The van der Waals surface area contributed by atoms with Crippen molar-refractivity contribution in [1.29, 1.82) is 0 Å². The maximum Gasteiger partial charge on any atom is 0.337 e. The van der Waals surface area contributed by atoms with Crippen LogP contribution in [0.25, 0.3) is 28.2 Å². The van der Waals surface area contributed by atoms with E-state index in [4.69, 9.17) is 4.74 Å². The van der Waals surface area contributed by atoms with Crippen molar-refractivity contribution in [1.82, 2.24) is 14.4 Å². The predicted molar refractivity (Wildman–Crippen MR) is 137 cm³/mol. The fraction of sp³-hybridized carbons (Fsp3) is 0.357. The van der Waals surface area contributed by atoms with E-state index in [-0.39, 0.29) is 17.9 Å². The van der Waals surface area contributed by atoms with Gasteiger partial charge in [0.15, 0.2) is 0 Å². The number of aryl methyl sites for hydroxylation is 2. The van der Waals surface area contributed by atoms with Gasteiger partial charge in [-0.3, -0.25) is 4.79 Å². The van der Waals surface area contributed by atoms with Gasteiger partial charge in [0.05, 0.1) is 18.4 Å². The van der Waals surface area contributed by atoms with E-state index in [1.807, 2.05) is 37.2 Å². The van der Waals surface area contributed by atoms with Gasteiger partial charge in [-0.25, -0.2) is 4.79 Å². The van der Waals surface area contributed by atoms with Crippen LogP contribution in [0.1, 0.15) is 34.3 Å². The van der Waals surface area contributed by atoms with Crippen LogP contribution in [0.2, 0.25) is 0 Å². The summed E-state index contributed by atoms with van der Waals surface area (Å²) in [5.74, 6) is -0.340. The summed E-state index contributed by atoms with van der Waals surface area (Å²) in [6.07, 6.45) is 5.64. The van der Waals surface area contributed by atoms with E-state index in [9.17, 15) is 9.59 Å². The number of likely N-dealkylation sites (N-methyl/N-ethyl adjacent to an activating group) is 1. The number of hydrogen-bond donors (Lipinski definition) is 0. The van der Waals surface area contributed by atoms with Crippen molar-refractivity contribution in [3.05, 3.63) is 65.2 Å². The molecule has 2 heterocycles. The molecule has 0 bridgehead atoms. The minimum absolute atomic E-state index is 0.0196. The zero-order valence-corrected chi connectivity index (χ0v) is 20.7. The second-order valence-corrected chi connectivity index (χ2v) is 9.23. The van der Waals surface area contributed by atoms with Crippen LogP contribution in [-0.2, 0) is 16.6 Å². The van der Waals surface area contributed by atoms with E-state index >= 15 is 0 Å². The van der Waals surface area contributed by atoms with Gasteiger partial charge in [0.2, 0.25) is 5.91 Å². The zero-order valence-electron chi connectivity index (χ0n) is 20.7. The number of piperidine rings is 1. The second kappa shape index (κ2) is 9.85. The highest BCUT2D eigenvalue weighted by Crippen LogP contribution is 2.35. The van der Waals surface area contributed by atoms with E-state index < -0.39 is 0 Å². The molecule has 6 nitrogen and oxygen atoms in total. The van der Waals surface area contributed by atoms with Gasteiger partial charge in [0.1, 0.15) is 0 Å². The number of hydrogen-bond acceptors (Lipinski definition) is 4. The summed E-state index contributed by atoms with van der Waals surface area (Å²) in [7, 11) is 7.44. The normalized spacial score (nSPS) is 15.2. The average Bonchev–Trinajstić information content (AvgIpc) is 3.12. The Morgan fingerprint density at radius 3 is 2.38 bits per heavy atom. The molecule has 34 heavy (non-hydrogen) atoms. The van der Waals surface area contributed by atoms with Crippen molar-refractivity contribution in [2.45, 2.75) is 25.8 Å². The first-order chi connectivity index (χ1) is 16.3. The number of methoxy groups -OCH3 is 1. The molecule has 0 aliphatic carbocycles. The van der Waals surface area contributed by atoms with Crippen molar-refractivity contribution >= 4 is 28.9 Å². The highest BCUT2D eigenvalue weighted by atomic mass is 16.5. The molecule has 1 fully saturated rings. The van der Waals surface area contributed by atoms with Gasteiger partial charge in [-0.1, -0.05) is 23.8 Å². The quantitative estimate of drug-likeness (QED) is 0.416. The Balaban J connectivity index is 1.72. The minimum atomic E-state index is -0.359. The number of carbonyl (C=O) groups is 2. The first-order valence-electron chi connectivity index (χ1n) is 11.7. The molecule has 178 valence electrons. The minimum Gasteiger partial charge on any atom is -0.465 e. The maximum absolute atomic E-state index is 13.1. The van der Waals surface area contributed by atoms with E-state index in [0.717, 1.165) is 59.2 Å². The number of fused-ring (bicyclic) bond motifs is 1. The molecule has 0 N–H and O–H groups in total. The second-order valence-electron chi connectivity index (χ2n) is 9.23. The van der Waals surface area contributed by atoms with Gasteiger partial charge in [0.25, 0.3) is 0 Å². The lowest BCUT2D eigenvalue weighted by Gasteiger charge is -2.34. The third kappa shape index (κ3) is 4.64. The average molecular weight is 460 g/mol. The molecular formula is C28H33N3O3. The number of rotatable bonds is 5. The van der Waals surface area contributed by atoms with Crippen LogP contribution >= 0.6 is 0 Å². The van der Waals surface area contributed by atoms with Gasteiger partial charge < -0.3 is 19.1 Å². The Morgan fingerprint density at radius 2 is 1.74 bits per heavy atom. The fourth-order valence-corrected chi connectivity index (χ4v) is 4.82. The van der Waals surface area contributed by atoms with Crippen LogP contribution in [0, 0.1) is 6.92 Å². The number of esters is 1. The molecule has 0 spiro atoms.